The molecule has 9 heteroatoms. The highest BCUT2D eigenvalue weighted by atomic mass is 79.9. The summed E-state index contributed by atoms with van der Waals surface area (Å²) in [5, 5.41) is 4.98. The highest BCUT2D eigenvalue weighted by Gasteiger charge is 2.30. The van der Waals surface area contributed by atoms with Crippen molar-refractivity contribution in [3.05, 3.63) is 51.4 Å². The summed E-state index contributed by atoms with van der Waals surface area (Å²) in [6.45, 7) is 3.10. The van der Waals surface area contributed by atoms with Gasteiger partial charge in [0.1, 0.15) is 12.4 Å². The Labute approximate surface area is 163 Å². The largest absolute Gasteiger partial charge is 0.463 e. The first-order valence-electron chi connectivity index (χ1n) is 8.09. The van der Waals surface area contributed by atoms with Crippen LogP contribution in [0.5, 0.6) is 0 Å². The number of carbonyl (C=O) groups is 3. The zero-order valence-electron chi connectivity index (χ0n) is 14.7. The normalized spacial score (nSPS) is 16.7. The number of ether oxygens (including phenoxy) is 2. The number of hydrogen-bond donors (Lipinski definition) is 2. The predicted octanol–water partition coefficient (Wildman–Crippen LogP) is 2.66. The second-order valence-electron chi connectivity index (χ2n) is 5.54. The van der Waals surface area contributed by atoms with E-state index in [1.165, 1.54) is 24.3 Å². The summed E-state index contributed by atoms with van der Waals surface area (Å²) in [5.41, 5.74) is 0.517. The van der Waals surface area contributed by atoms with Gasteiger partial charge in [0.25, 0.3) is 0 Å². The van der Waals surface area contributed by atoms with Gasteiger partial charge < -0.3 is 20.1 Å². The molecule has 2 rings (SSSR count). The summed E-state index contributed by atoms with van der Waals surface area (Å²) in [5.74, 6) is -1.87. The fourth-order valence-electron chi connectivity index (χ4n) is 2.38. The molecule has 1 aromatic rings. The fraction of sp³-hybridized carbons (Fsp3) is 0.278. The molecule has 0 saturated heterocycles. The SMILES string of the molecule is CCOC(=O)C1=C(COC(=O)/C=C/c2cc(Br)ccc2F)NC(=O)N[C@H]1C. The van der Waals surface area contributed by atoms with Crippen LogP contribution in [-0.4, -0.2) is 37.2 Å². The maximum Gasteiger partial charge on any atom is 0.338 e. The molecule has 0 aromatic heterocycles. The molecule has 144 valence electrons. The molecule has 27 heavy (non-hydrogen) atoms. The Balaban J connectivity index is 2.09. The monoisotopic (exact) mass is 440 g/mol. The Morgan fingerprint density at radius 1 is 1.33 bits per heavy atom. The van der Waals surface area contributed by atoms with Crippen LogP contribution < -0.4 is 10.6 Å². The van der Waals surface area contributed by atoms with Crippen LogP contribution in [0.4, 0.5) is 9.18 Å². The Morgan fingerprint density at radius 3 is 2.78 bits per heavy atom. The molecule has 1 aliphatic heterocycles. The molecule has 2 N–H and O–H groups in total. The van der Waals surface area contributed by atoms with Crippen molar-refractivity contribution in [2.75, 3.05) is 13.2 Å². The smallest absolute Gasteiger partial charge is 0.338 e. The highest BCUT2D eigenvalue weighted by molar-refractivity contribution is 9.10. The number of rotatable bonds is 6. The van der Waals surface area contributed by atoms with Gasteiger partial charge in [-0.2, -0.15) is 0 Å². The van der Waals surface area contributed by atoms with E-state index in [0.29, 0.717) is 4.47 Å². The van der Waals surface area contributed by atoms with E-state index >= 15 is 0 Å². The van der Waals surface area contributed by atoms with Crippen LogP contribution >= 0.6 is 15.9 Å². The van der Waals surface area contributed by atoms with Gasteiger partial charge in [-0.25, -0.2) is 18.8 Å². The maximum atomic E-state index is 13.7. The molecule has 0 unspecified atom stereocenters. The highest BCUT2D eigenvalue weighted by Crippen LogP contribution is 2.17. The average molecular weight is 441 g/mol. The number of carbonyl (C=O) groups excluding carboxylic acids is 3. The third kappa shape index (κ3) is 5.65. The van der Waals surface area contributed by atoms with Crippen LogP contribution in [-0.2, 0) is 19.1 Å². The van der Waals surface area contributed by atoms with Crippen molar-refractivity contribution in [2.45, 2.75) is 19.9 Å². The number of halogens is 2. The Hall–Kier alpha value is -2.68. The predicted molar refractivity (Wildman–Crippen MR) is 98.9 cm³/mol. The minimum atomic E-state index is -0.759. The van der Waals surface area contributed by atoms with Crippen LogP contribution in [0.2, 0.25) is 0 Å². The number of esters is 2. The summed E-state index contributed by atoms with van der Waals surface area (Å²) in [7, 11) is 0. The molecule has 7 nitrogen and oxygen atoms in total. The van der Waals surface area contributed by atoms with Crippen molar-refractivity contribution in [3.63, 3.8) is 0 Å². The van der Waals surface area contributed by atoms with Gasteiger partial charge in [-0.05, 0) is 38.1 Å². The van der Waals surface area contributed by atoms with Gasteiger partial charge in [0.05, 0.1) is 23.9 Å². The van der Waals surface area contributed by atoms with Gasteiger partial charge >= 0.3 is 18.0 Å². The number of nitrogens with one attached hydrogen (secondary N) is 2. The number of amides is 2. The number of benzene rings is 1. The zero-order valence-corrected chi connectivity index (χ0v) is 16.3. The standard InChI is InChI=1S/C18H18BrFN2O5/c1-3-26-17(24)16-10(2)21-18(25)22-14(16)9-27-15(23)7-4-11-8-12(19)5-6-13(11)20/h4-8,10H,3,9H2,1-2H3,(H2,21,22,25)/b7-4+/t10-/m0/s1. The zero-order chi connectivity index (χ0) is 20.0. The molecule has 2 amide bonds. The van der Waals surface area contributed by atoms with Gasteiger partial charge in [-0.1, -0.05) is 15.9 Å². The van der Waals surface area contributed by atoms with Gasteiger partial charge in [-0.15, -0.1) is 0 Å². The lowest BCUT2D eigenvalue weighted by molar-refractivity contribution is -0.140. The molecule has 0 fully saturated rings. The van der Waals surface area contributed by atoms with Crippen LogP contribution in [0.3, 0.4) is 0 Å². The van der Waals surface area contributed by atoms with Crippen molar-refractivity contribution in [2.24, 2.45) is 0 Å². The first-order valence-corrected chi connectivity index (χ1v) is 8.88. The van der Waals surface area contributed by atoms with Crippen molar-refractivity contribution < 1.29 is 28.2 Å². The average Bonchev–Trinajstić information content (AvgIpc) is 2.60. The summed E-state index contributed by atoms with van der Waals surface area (Å²) < 4.78 is 24.3. The lowest BCUT2D eigenvalue weighted by Gasteiger charge is -2.26. The molecule has 0 bridgehead atoms. The minimum absolute atomic E-state index is 0.139. The van der Waals surface area contributed by atoms with E-state index in [1.54, 1.807) is 13.8 Å². The van der Waals surface area contributed by atoms with Gasteiger partial charge in [0, 0.05) is 16.1 Å². The van der Waals surface area contributed by atoms with Gasteiger partial charge in [0.15, 0.2) is 0 Å². The third-order valence-corrected chi connectivity index (χ3v) is 4.07. The molecule has 0 radical (unpaired) electrons. The Bertz CT molecular complexity index is 822. The van der Waals surface area contributed by atoms with Crippen molar-refractivity contribution >= 4 is 40.0 Å². The molecular weight excluding hydrogens is 423 g/mol. The van der Waals surface area contributed by atoms with E-state index in [0.717, 1.165) is 6.08 Å². The summed E-state index contributed by atoms with van der Waals surface area (Å²) in [6, 6.07) is 3.19. The molecule has 0 aliphatic carbocycles. The molecule has 0 saturated carbocycles. The number of urea groups is 1. The summed E-state index contributed by atoms with van der Waals surface area (Å²) in [4.78, 5) is 35.6. The van der Waals surface area contributed by atoms with Crippen LogP contribution in [0.15, 0.2) is 40.0 Å². The molecule has 1 aromatic carbocycles. The molecule has 1 aliphatic rings. The third-order valence-electron chi connectivity index (χ3n) is 3.58. The summed E-state index contributed by atoms with van der Waals surface area (Å²) in [6.07, 6.45) is 2.33. The van der Waals surface area contributed by atoms with E-state index in [1.807, 2.05) is 0 Å². The van der Waals surface area contributed by atoms with E-state index in [4.69, 9.17) is 9.47 Å². The van der Waals surface area contributed by atoms with Crippen LogP contribution in [0.25, 0.3) is 6.08 Å². The number of hydrogen-bond acceptors (Lipinski definition) is 5. The maximum absolute atomic E-state index is 13.7. The van der Waals surface area contributed by atoms with Gasteiger partial charge in [0.2, 0.25) is 0 Å². The van der Waals surface area contributed by atoms with Crippen molar-refractivity contribution in [1.29, 1.82) is 0 Å². The van der Waals surface area contributed by atoms with E-state index < -0.39 is 29.8 Å². The van der Waals surface area contributed by atoms with Crippen molar-refractivity contribution in [3.8, 4) is 0 Å². The fourth-order valence-corrected chi connectivity index (χ4v) is 2.76. The summed E-state index contributed by atoms with van der Waals surface area (Å²) >= 11 is 3.22. The molecule has 0 spiro atoms. The lowest BCUT2D eigenvalue weighted by atomic mass is 10.0. The first kappa shape index (κ1) is 20.6. The second kappa shape index (κ2) is 9.31. The van der Waals surface area contributed by atoms with Crippen LogP contribution in [0.1, 0.15) is 19.4 Å². The lowest BCUT2D eigenvalue weighted by Crippen LogP contribution is -2.50. The molecule has 1 atom stereocenters. The Kier molecular flexibility index (Phi) is 7.12. The molecular formula is C18H18BrFN2O5. The topological polar surface area (TPSA) is 93.7 Å². The van der Waals surface area contributed by atoms with Crippen LogP contribution in [0, 0.1) is 5.82 Å². The van der Waals surface area contributed by atoms with E-state index in [9.17, 15) is 18.8 Å². The van der Waals surface area contributed by atoms with Crippen molar-refractivity contribution in [1.82, 2.24) is 10.6 Å². The van der Waals surface area contributed by atoms with E-state index in [-0.39, 0.29) is 30.0 Å². The second-order valence-corrected chi connectivity index (χ2v) is 6.46. The quantitative estimate of drug-likeness (QED) is 0.523. The van der Waals surface area contributed by atoms with Gasteiger partial charge in [-0.3, -0.25) is 0 Å². The van der Waals surface area contributed by atoms with E-state index in [2.05, 4.69) is 26.6 Å². The Morgan fingerprint density at radius 2 is 2.07 bits per heavy atom. The minimum Gasteiger partial charge on any atom is -0.463 e. The first-order chi connectivity index (χ1) is 12.8. The molecule has 1 heterocycles.